The summed E-state index contributed by atoms with van der Waals surface area (Å²) in [4.78, 5) is 25.2. The summed E-state index contributed by atoms with van der Waals surface area (Å²) >= 11 is 0. The number of esters is 1. The van der Waals surface area contributed by atoms with E-state index in [4.69, 9.17) is 18.9 Å². The maximum atomic E-state index is 13.1. The van der Waals surface area contributed by atoms with Gasteiger partial charge in [0, 0.05) is 35.3 Å². The predicted octanol–water partition coefficient (Wildman–Crippen LogP) is 5.23. The van der Waals surface area contributed by atoms with Crippen molar-refractivity contribution in [2.75, 3.05) is 13.7 Å². The van der Waals surface area contributed by atoms with Gasteiger partial charge in [0.2, 0.25) is 5.78 Å². The van der Waals surface area contributed by atoms with Gasteiger partial charge in [0.05, 0.1) is 12.7 Å². The fourth-order valence-electron chi connectivity index (χ4n) is 4.23. The molecular weight excluding hydrogens is 458 g/mol. The van der Waals surface area contributed by atoms with Crippen LogP contribution in [0.1, 0.15) is 27.0 Å². The molecule has 0 saturated carbocycles. The Balaban J connectivity index is 1.32. The van der Waals surface area contributed by atoms with Crippen LogP contribution in [0.2, 0.25) is 0 Å². The number of carbonyl (C=O) groups is 2. The Bertz CT molecular complexity index is 1500. The third-order valence-electron chi connectivity index (χ3n) is 6.14. The first-order chi connectivity index (χ1) is 17.4. The van der Waals surface area contributed by atoms with Gasteiger partial charge in [-0.3, -0.25) is 4.79 Å². The molecule has 7 nitrogen and oxygen atoms in total. The minimum Gasteiger partial charge on any atom is -0.497 e. The molecule has 0 unspecified atom stereocenters. The highest BCUT2D eigenvalue weighted by Crippen LogP contribution is 2.40. The third-order valence-corrected chi connectivity index (χ3v) is 6.14. The average Bonchev–Trinajstić information content (AvgIpc) is 3.39. The lowest BCUT2D eigenvalue weighted by Gasteiger charge is -2.11. The number of ether oxygens (including phenoxy) is 4. The number of aromatic nitrogens is 1. The number of hydrogen-bond donors (Lipinski definition) is 0. The summed E-state index contributed by atoms with van der Waals surface area (Å²) in [6.45, 7) is 1.72. The van der Waals surface area contributed by atoms with Crippen LogP contribution in [0.25, 0.3) is 17.0 Å². The molecule has 36 heavy (non-hydrogen) atoms. The molecule has 5 rings (SSSR count). The van der Waals surface area contributed by atoms with E-state index in [0.29, 0.717) is 22.6 Å². The average molecular weight is 484 g/mol. The van der Waals surface area contributed by atoms with Crippen LogP contribution < -0.4 is 14.2 Å². The minimum atomic E-state index is -0.484. The molecule has 0 radical (unpaired) electrons. The van der Waals surface area contributed by atoms with E-state index in [1.807, 2.05) is 66.3 Å². The molecule has 4 aromatic rings. The number of allylic oxidation sites excluding steroid dienone is 1. The first-order valence-corrected chi connectivity index (χ1v) is 11.5. The van der Waals surface area contributed by atoms with Gasteiger partial charge in [-0.05, 0) is 48.9 Å². The van der Waals surface area contributed by atoms with E-state index in [9.17, 15) is 9.59 Å². The first-order valence-electron chi connectivity index (χ1n) is 11.5. The number of carbonyl (C=O) groups excluding carboxylic acids is 2. The SMILES string of the molecule is COc1ccc2c(c1)c(C=C1Oc3c(ccc(OCC(=O)OCc4ccccc4)c3C)C1=O)cn2C. The van der Waals surface area contributed by atoms with Crippen molar-refractivity contribution in [3.63, 3.8) is 0 Å². The number of hydrogen-bond acceptors (Lipinski definition) is 6. The van der Waals surface area contributed by atoms with Gasteiger partial charge in [-0.25, -0.2) is 4.79 Å². The largest absolute Gasteiger partial charge is 0.497 e. The molecule has 0 amide bonds. The number of rotatable bonds is 7. The van der Waals surface area contributed by atoms with Crippen molar-refractivity contribution < 1.29 is 28.5 Å². The summed E-state index contributed by atoms with van der Waals surface area (Å²) in [5.74, 6) is 1.15. The van der Waals surface area contributed by atoms with Gasteiger partial charge in [0.1, 0.15) is 23.9 Å². The van der Waals surface area contributed by atoms with E-state index < -0.39 is 5.97 Å². The number of methoxy groups -OCH3 is 1. The molecule has 0 fully saturated rings. The fourth-order valence-corrected chi connectivity index (χ4v) is 4.23. The van der Waals surface area contributed by atoms with Gasteiger partial charge < -0.3 is 23.5 Å². The molecule has 1 aliphatic heterocycles. The molecule has 7 heteroatoms. The monoisotopic (exact) mass is 483 g/mol. The Labute approximate surface area is 208 Å². The topological polar surface area (TPSA) is 76.0 Å². The fraction of sp³-hybridized carbons (Fsp3) is 0.172. The van der Waals surface area contributed by atoms with Gasteiger partial charge in [-0.1, -0.05) is 30.3 Å². The highest BCUT2D eigenvalue weighted by molar-refractivity contribution is 6.15. The van der Waals surface area contributed by atoms with Crippen molar-refractivity contribution in [1.29, 1.82) is 0 Å². The molecule has 0 spiro atoms. The highest BCUT2D eigenvalue weighted by atomic mass is 16.6. The third kappa shape index (κ3) is 4.43. The zero-order chi connectivity index (χ0) is 25.2. The normalized spacial score (nSPS) is 13.5. The molecule has 2 heterocycles. The van der Waals surface area contributed by atoms with E-state index in [-0.39, 0.29) is 24.8 Å². The second-order valence-electron chi connectivity index (χ2n) is 8.52. The predicted molar refractivity (Wildman–Crippen MR) is 135 cm³/mol. The Morgan fingerprint density at radius 1 is 1.08 bits per heavy atom. The first kappa shape index (κ1) is 23.2. The van der Waals surface area contributed by atoms with Crippen molar-refractivity contribution >= 4 is 28.7 Å². The quantitative estimate of drug-likeness (QED) is 0.265. The Morgan fingerprint density at radius 2 is 1.89 bits per heavy atom. The number of aryl methyl sites for hydroxylation is 1. The summed E-state index contributed by atoms with van der Waals surface area (Å²) in [5, 5.41) is 0.950. The summed E-state index contributed by atoms with van der Waals surface area (Å²) in [5.41, 5.74) is 3.85. The van der Waals surface area contributed by atoms with Crippen LogP contribution in [0.15, 0.2) is 72.6 Å². The lowest BCUT2D eigenvalue weighted by molar-refractivity contribution is -0.147. The zero-order valence-electron chi connectivity index (χ0n) is 20.2. The second-order valence-corrected chi connectivity index (χ2v) is 8.52. The molecule has 0 N–H and O–H groups in total. The maximum absolute atomic E-state index is 13.1. The highest BCUT2D eigenvalue weighted by Gasteiger charge is 2.30. The van der Waals surface area contributed by atoms with Gasteiger partial charge in [0.15, 0.2) is 12.4 Å². The molecule has 0 aliphatic carbocycles. The van der Waals surface area contributed by atoms with Crippen LogP contribution in [-0.2, 0) is 23.2 Å². The summed E-state index contributed by atoms with van der Waals surface area (Å²) in [6.07, 6.45) is 3.68. The van der Waals surface area contributed by atoms with Crippen molar-refractivity contribution in [1.82, 2.24) is 4.57 Å². The van der Waals surface area contributed by atoms with Crippen molar-refractivity contribution in [3.05, 3.63) is 94.9 Å². The number of benzene rings is 3. The molecule has 1 aromatic heterocycles. The second kappa shape index (κ2) is 9.62. The zero-order valence-corrected chi connectivity index (χ0v) is 20.2. The van der Waals surface area contributed by atoms with Gasteiger partial charge >= 0.3 is 5.97 Å². The van der Waals surface area contributed by atoms with E-state index in [1.54, 1.807) is 32.2 Å². The Hall–Kier alpha value is -4.52. The van der Waals surface area contributed by atoms with Crippen LogP contribution in [0.4, 0.5) is 0 Å². The van der Waals surface area contributed by atoms with E-state index in [1.165, 1.54) is 0 Å². The molecule has 0 bridgehead atoms. The van der Waals surface area contributed by atoms with Crippen LogP contribution in [-0.4, -0.2) is 30.0 Å². The molecule has 3 aromatic carbocycles. The number of Topliss-reactive ketones (excluding diaryl/α,β-unsaturated/α-hetero) is 1. The lowest BCUT2D eigenvalue weighted by atomic mass is 10.1. The Morgan fingerprint density at radius 3 is 2.67 bits per heavy atom. The minimum absolute atomic E-state index is 0.179. The van der Waals surface area contributed by atoms with Crippen LogP contribution >= 0.6 is 0 Å². The van der Waals surface area contributed by atoms with Crippen molar-refractivity contribution in [2.45, 2.75) is 13.5 Å². The molecular formula is C29H25NO6. The Kier molecular flexibility index (Phi) is 6.21. The van der Waals surface area contributed by atoms with Crippen molar-refractivity contribution in [2.24, 2.45) is 7.05 Å². The molecule has 0 atom stereocenters. The van der Waals surface area contributed by atoms with E-state index in [0.717, 1.165) is 27.8 Å². The van der Waals surface area contributed by atoms with Gasteiger partial charge in [-0.15, -0.1) is 0 Å². The molecule has 0 saturated heterocycles. The number of nitrogens with zero attached hydrogens (tertiary/aromatic N) is 1. The summed E-state index contributed by atoms with van der Waals surface area (Å²) < 4.78 is 24.3. The molecule has 1 aliphatic rings. The van der Waals surface area contributed by atoms with Crippen molar-refractivity contribution in [3.8, 4) is 17.2 Å². The van der Waals surface area contributed by atoms with E-state index >= 15 is 0 Å². The smallest absolute Gasteiger partial charge is 0.344 e. The maximum Gasteiger partial charge on any atom is 0.344 e. The van der Waals surface area contributed by atoms with E-state index in [2.05, 4.69) is 0 Å². The lowest BCUT2D eigenvalue weighted by Crippen LogP contribution is -2.15. The van der Waals surface area contributed by atoms with Crippen LogP contribution in [0, 0.1) is 6.92 Å². The number of fused-ring (bicyclic) bond motifs is 2. The van der Waals surface area contributed by atoms with Gasteiger partial charge in [-0.2, -0.15) is 0 Å². The summed E-state index contributed by atoms with van der Waals surface area (Å²) in [7, 11) is 3.56. The standard InChI is InChI=1S/C29H25NO6/c1-18-25(34-17-27(31)35-16-19-7-5-4-6-8-19)12-10-22-28(32)26(36-29(18)22)13-20-15-30(2)24-11-9-21(33-3)14-23(20)24/h4-15H,16-17H2,1-3H3. The number of ketones is 1. The van der Waals surface area contributed by atoms with Gasteiger partial charge in [0.25, 0.3) is 0 Å². The summed E-state index contributed by atoms with van der Waals surface area (Å²) in [6, 6.07) is 18.6. The van der Waals surface area contributed by atoms with Crippen LogP contribution in [0.5, 0.6) is 17.2 Å². The molecule has 182 valence electrons. The van der Waals surface area contributed by atoms with Crippen LogP contribution in [0.3, 0.4) is 0 Å².